The average Bonchev–Trinajstić information content (AvgIpc) is 2.17. The van der Waals surface area contributed by atoms with Crippen LogP contribution in [0.15, 0.2) is 23.3 Å². The van der Waals surface area contributed by atoms with E-state index in [2.05, 4.69) is 32.9 Å². The van der Waals surface area contributed by atoms with E-state index in [-0.39, 0.29) is 5.97 Å². The average molecular weight is 210 g/mol. The van der Waals surface area contributed by atoms with Crippen molar-refractivity contribution >= 4 is 5.97 Å². The van der Waals surface area contributed by atoms with Gasteiger partial charge in [-0.3, -0.25) is 4.79 Å². The van der Waals surface area contributed by atoms with Crippen LogP contribution in [0.3, 0.4) is 0 Å². The smallest absolute Gasteiger partial charge is 0.305 e. The number of allylic oxidation sites excluding steroid dienone is 3. The summed E-state index contributed by atoms with van der Waals surface area (Å²) in [5.74, 6) is -0.122. The van der Waals surface area contributed by atoms with Gasteiger partial charge in [-0.1, -0.05) is 37.1 Å². The second-order valence-corrected chi connectivity index (χ2v) is 3.67. The fraction of sp³-hybridized carbons (Fsp3) is 0.615. The molecule has 0 atom stereocenters. The minimum atomic E-state index is -0.122. The number of carbonyl (C=O) groups excluding carboxylic acids is 1. The Bertz CT molecular complexity index is 249. The summed E-state index contributed by atoms with van der Waals surface area (Å²) in [6.45, 7) is 8.57. The molecule has 0 aromatic heterocycles. The predicted octanol–water partition coefficient (Wildman–Crippen LogP) is 3.63. The summed E-state index contributed by atoms with van der Waals surface area (Å²) in [6.07, 6.45) is 6.66. The van der Waals surface area contributed by atoms with Gasteiger partial charge >= 0.3 is 5.97 Å². The number of ether oxygens (including phenoxy) is 1. The van der Waals surface area contributed by atoms with E-state index in [1.165, 1.54) is 11.1 Å². The summed E-state index contributed by atoms with van der Waals surface area (Å²) in [5, 5.41) is 0. The van der Waals surface area contributed by atoms with Gasteiger partial charge in [0.25, 0.3) is 0 Å². The zero-order valence-corrected chi connectivity index (χ0v) is 10.3. The molecular weight excluding hydrogens is 188 g/mol. The molecule has 0 saturated carbocycles. The molecule has 15 heavy (non-hydrogen) atoms. The number of carbonyl (C=O) groups is 1. The number of esters is 1. The summed E-state index contributed by atoms with van der Waals surface area (Å²) in [6, 6.07) is 0. The standard InChI is InChI=1S/C13H22O2/c1-5-7-11(3)10-12(4)8-9-15-13(14)6-2/h7,10H,5-6,8-9H2,1-4H3/b11-7+,12-10+. The predicted molar refractivity (Wildman–Crippen MR) is 63.7 cm³/mol. The van der Waals surface area contributed by atoms with E-state index in [0.29, 0.717) is 13.0 Å². The van der Waals surface area contributed by atoms with Crippen molar-refractivity contribution in [1.82, 2.24) is 0 Å². The molecule has 86 valence electrons. The molecule has 0 heterocycles. The first-order valence-electron chi connectivity index (χ1n) is 5.59. The number of rotatable bonds is 6. The normalized spacial score (nSPS) is 12.8. The maximum absolute atomic E-state index is 10.9. The van der Waals surface area contributed by atoms with E-state index < -0.39 is 0 Å². The van der Waals surface area contributed by atoms with Crippen LogP contribution in [0.25, 0.3) is 0 Å². The Morgan fingerprint density at radius 1 is 1.27 bits per heavy atom. The molecule has 0 aromatic rings. The molecule has 0 rings (SSSR count). The topological polar surface area (TPSA) is 26.3 Å². The Labute approximate surface area is 93.0 Å². The third-order valence-corrected chi connectivity index (χ3v) is 2.05. The van der Waals surface area contributed by atoms with E-state index in [0.717, 1.165) is 12.8 Å². The zero-order valence-electron chi connectivity index (χ0n) is 10.3. The van der Waals surface area contributed by atoms with Crippen LogP contribution in [0, 0.1) is 0 Å². The lowest BCUT2D eigenvalue weighted by Gasteiger charge is -2.03. The van der Waals surface area contributed by atoms with Crippen LogP contribution in [0.5, 0.6) is 0 Å². The molecule has 0 aromatic carbocycles. The Hall–Kier alpha value is -1.05. The highest BCUT2D eigenvalue weighted by Gasteiger charge is 1.97. The summed E-state index contributed by atoms with van der Waals surface area (Å²) in [4.78, 5) is 10.9. The van der Waals surface area contributed by atoms with Crippen LogP contribution in [-0.4, -0.2) is 12.6 Å². The molecule has 2 nitrogen and oxygen atoms in total. The van der Waals surface area contributed by atoms with Gasteiger partial charge in [-0.05, 0) is 20.3 Å². The first kappa shape index (κ1) is 13.9. The number of hydrogen-bond donors (Lipinski definition) is 0. The van der Waals surface area contributed by atoms with E-state index in [1.54, 1.807) is 6.92 Å². The lowest BCUT2D eigenvalue weighted by molar-refractivity contribution is -0.143. The molecule has 0 saturated heterocycles. The Morgan fingerprint density at radius 3 is 2.47 bits per heavy atom. The molecule has 0 spiro atoms. The molecule has 0 N–H and O–H groups in total. The minimum Gasteiger partial charge on any atom is -0.465 e. The maximum Gasteiger partial charge on any atom is 0.305 e. The van der Waals surface area contributed by atoms with Crippen LogP contribution in [0.1, 0.15) is 47.0 Å². The summed E-state index contributed by atoms with van der Waals surface area (Å²) >= 11 is 0. The van der Waals surface area contributed by atoms with Crippen LogP contribution >= 0.6 is 0 Å². The highest BCUT2D eigenvalue weighted by Crippen LogP contribution is 2.06. The van der Waals surface area contributed by atoms with Gasteiger partial charge in [0.05, 0.1) is 6.61 Å². The van der Waals surface area contributed by atoms with Crippen molar-refractivity contribution in [3.05, 3.63) is 23.3 Å². The van der Waals surface area contributed by atoms with Crippen molar-refractivity contribution in [2.45, 2.75) is 47.0 Å². The van der Waals surface area contributed by atoms with Gasteiger partial charge in [0.1, 0.15) is 0 Å². The lowest BCUT2D eigenvalue weighted by atomic mass is 10.1. The van der Waals surface area contributed by atoms with Gasteiger partial charge in [0.15, 0.2) is 0 Å². The SMILES string of the molecule is CC/C=C(C)/C=C(\C)CCOC(=O)CC. The molecule has 0 aliphatic carbocycles. The summed E-state index contributed by atoms with van der Waals surface area (Å²) in [7, 11) is 0. The first-order chi connectivity index (χ1) is 7.10. The Kier molecular flexibility index (Phi) is 7.69. The maximum atomic E-state index is 10.9. The van der Waals surface area contributed by atoms with Crippen LogP contribution in [-0.2, 0) is 9.53 Å². The van der Waals surface area contributed by atoms with Crippen molar-refractivity contribution in [3.63, 3.8) is 0 Å². The van der Waals surface area contributed by atoms with Gasteiger partial charge < -0.3 is 4.74 Å². The molecular formula is C13H22O2. The van der Waals surface area contributed by atoms with Crippen molar-refractivity contribution in [2.75, 3.05) is 6.61 Å². The van der Waals surface area contributed by atoms with E-state index in [9.17, 15) is 4.79 Å². The van der Waals surface area contributed by atoms with Crippen LogP contribution in [0.4, 0.5) is 0 Å². The lowest BCUT2D eigenvalue weighted by Crippen LogP contribution is -2.03. The first-order valence-corrected chi connectivity index (χ1v) is 5.59. The Balaban J connectivity index is 3.87. The fourth-order valence-electron chi connectivity index (χ4n) is 1.27. The quantitative estimate of drug-likeness (QED) is 0.494. The molecule has 0 bridgehead atoms. The molecule has 0 aliphatic heterocycles. The zero-order chi connectivity index (χ0) is 11.7. The third-order valence-electron chi connectivity index (χ3n) is 2.05. The minimum absolute atomic E-state index is 0.122. The molecule has 0 radical (unpaired) electrons. The Morgan fingerprint density at radius 2 is 1.93 bits per heavy atom. The van der Waals surface area contributed by atoms with Gasteiger partial charge in [-0.25, -0.2) is 0 Å². The second kappa shape index (κ2) is 8.27. The summed E-state index contributed by atoms with van der Waals surface area (Å²) < 4.78 is 5.00. The molecule has 0 amide bonds. The van der Waals surface area contributed by atoms with Crippen LogP contribution in [0.2, 0.25) is 0 Å². The largest absolute Gasteiger partial charge is 0.465 e. The van der Waals surface area contributed by atoms with Crippen LogP contribution < -0.4 is 0 Å². The van der Waals surface area contributed by atoms with E-state index in [1.807, 2.05) is 0 Å². The van der Waals surface area contributed by atoms with Gasteiger partial charge in [0.2, 0.25) is 0 Å². The second-order valence-electron chi connectivity index (χ2n) is 3.67. The third kappa shape index (κ3) is 7.98. The number of hydrogen-bond acceptors (Lipinski definition) is 2. The van der Waals surface area contributed by atoms with Gasteiger partial charge in [0, 0.05) is 12.8 Å². The highest BCUT2D eigenvalue weighted by atomic mass is 16.5. The monoisotopic (exact) mass is 210 g/mol. The summed E-state index contributed by atoms with van der Waals surface area (Å²) in [5.41, 5.74) is 2.53. The van der Waals surface area contributed by atoms with E-state index >= 15 is 0 Å². The van der Waals surface area contributed by atoms with Crippen molar-refractivity contribution < 1.29 is 9.53 Å². The van der Waals surface area contributed by atoms with Crippen molar-refractivity contribution in [1.29, 1.82) is 0 Å². The van der Waals surface area contributed by atoms with Gasteiger partial charge in [-0.2, -0.15) is 0 Å². The van der Waals surface area contributed by atoms with E-state index in [4.69, 9.17) is 4.74 Å². The van der Waals surface area contributed by atoms with Crippen molar-refractivity contribution in [2.24, 2.45) is 0 Å². The molecule has 0 unspecified atom stereocenters. The highest BCUT2D eigenvalue weighted by molar-refractivity contribution is 5.68. The molecule has 0 aliphatic rings. The molecule has 0 fully saturated rings. The fourth-order valence-corrected chi connectivity index (χ4v) is 1.27. The van der Waals surface area contributed by atoms with Crippen molar-refractivity contribution in [3.8, 4) is 0 Å². The molecule has 2 heteroatoms. The van der Waals surface area contributed by atoms with Gasteiger partial charge in [-0.15, -0.1) is 0 Å².